The van der Waals surface area contributed by atoms with E-state index in [1.807, 2.05) is 0 Å². The summed E-state index contributed by atoms with van der Waals surface area (Å²) < 4.78 is 22.4. The highest BCUT2D eigenvalue weighted by Gasteiger charge is 2.26. The van der Waals surface area contributed by atoms with Crippen LogP contribution >= 0.6 is 23.5 Å². The first-order valence-corrected chi connectivity index (χ1v) is 6.32. The van der Waals surface area contributed by atoms with Gasteiger partial charge in [-0.15, -0.1) is 0 Å². The molecule has 0 radical (unpaired) electrons. The topological polar surface area (TPSA) is 35.5 Å². The molecule has 0 aliphatic rings. The fourth-order valence-corrected chi connectivity index (χ4v) is 2.78. The van der Waals surface area contributed by atoms with Crippen molar-refractivity contribution in [2.24, 2.45) is 0 Å². The maximum atomic E-state index is 11.9. The van der Waals surface area contributed by atoms with Crippen molar-refractivity contribution in [1.29, 1.82) is 0 Å². The number of hydrogen-bond acceptors (Lipinski definition) is 3. The van der Waals surface area contributed by atoms with Gasteiger partial charge in [0, 0.05) is 0 Å². The van der Waals surface area contributed by atoms with Gasteiger partial charge < -0.3 is 9.05 Å². The highest BCUT2D eigenvalue weighted by molar-refractivity contribution is 9.13. The zero-order valence-corrected chi connectivity index (χ0v) is 10.3. The Morgan fingerprint density at radius 3 is 2.23 bits per heavy atom. The van der Waals surface area contributed by atoms with Crippen molar-refractivity contribution in [3.05, 3.63) is 23.0 Å². The molecule has 0 fully saturated rings. The molecule has 3 nitrogen and oxygen atoms in total. The van der Waals surface area contributed by atoms with Gasteiger partial charge in [-0.2, -0.15) is 0 Å². The Labute approximate surface area is 87.5 Å². The molecule has 0 amide bonds. The number of allylic oxidation sites excluding steroid dienone is 2. The van der Waals surface area contributed by atoms with Crippen molar-refractivity contribution in [2.45, 2.75) is 13.8 Å². The Balaban J connectivity index is 4.66. The van der Waals surface area contributed by atoms with Crippen molar-refractivity contribution in [2.75, 3.05) is 13.2 Å². The zero-order chi connectivity index (χ0) is 10.3. The molecule has 5 heteroatoms. The zero-order valence-electron chi connectivity index (χ0n) is 7.83. The van der Waals surface area contributed by atoms with Crippen LogP contribution in [0.15, 0.2) is 23.0 Å². The summed E-state index contributed by atoms with van der Waals surface area (Å²) >= 11 is 3.14. The van der Waals surface area contributed by atoms with E-state index < -0.39 is 7.60 Å². The summed E-state index contributed by atoms with van der Waals surface area (Å²) in [7, 11) is -3.12. The summed E-state index contributed by atoms with van der Waals surface area (Å²) in [5.41, 5.74) is 0. The van der Waals surface area contributed by atoms with Gasteiger partial charge in [-0.3, -0.25) is 4.57 Å². The SMILES string of the molecule is C=C/C=C(\Br)P(=O)(OCC)OCC. The van der Waals surface area contributed by atoms with Crippen LogP contribution in [0.5, 0.6) is 0 Å². The molecule has 0 spiro atoms. The first-order chi connectivity index (χ1) is 6.10. The lowest BCUT2D eigenvalue weighted by atomic mass is 10.6. The normalized spacial score (nSPS) is 13.0. The first-order valence-electron chi connectivity index (χ1n) is 3.98. The molecule has 0 saturated heterocycles. The second-order valence-electron chi connectivity index (χ2n) is 2.06. The maximum absolute atomic E-state index is 11.9. The minimum atomic E-state index is -3.12. The molecule has 0 unspecified atom stereocenters. The van der Waals surface area contributed by atoms with Crippen molar-refractivity contribution in [1.82, 2.24) is 0 Å². The fraction of sp³-hybridized carbons (Fsp3) is 0.500. The van der Waals surface area contributed by atoms with E-state index in [2.05, 4.69) is 22.5 Å². The molecule has 0 atom stereocenters. The third kappa shape index (κ3) is 4.23. The molecular weight excluding hydrogens is 255 g/mol. The lowest BCUT2D eigenvalue weighted by Gasteiger charge is -2.15. The molecular formula is C8H14BrO3P. The molecule has 76 valence electrons. The van der Waals surface area contributed by atoms with Gasteiger partial charge in [0.05, 0.1) is 13.2 Å². The second-order valence-corrected chi connectivity index (χ2v) is 5.52. The molecule has 0 rings (SSSR count). The van der Waals surface area contributed by atoms with E-state index in [-0.39, 0.29) is 0 Å². The number of halogens is 1. The molecule has 0 aromatic carbocycles. The first kappa shape index (κ1) is 13.1. The molecule has 0 heterocycles. The summed E-state index contributed by atoms with van der Waals surface area (Å²) in [5, 5.41) is 0. The monoisotopic (exact) mass is 268 g/mol. The van der Waals surface area contributed by atoms with E-state index in [4.69, 9.17) is 9.05 Å². The maximum Gasteiger partial charge on any atom is 0.368 e. The van der Waals surface area contributed by atoms with Crippen molar-refractivity contribution >= 4 is 23.5 Å². The Hall–Kier alpha value is 0.110. The van der Waals surface area contributed by atoms with E-state index in [1.165, 1.54) is 6.08 Å². The van der Waals surface area contributed by atoms with Gasteiger partial charge in [-0.1, -0.05) is 12.7 Å². The van der Waals surface area contributed by atoms with E-state index in [0.717, 1.165) is 0 Å². The smallest absolute Gasteiger partial charge is 0.305 e. The summed E-state index contributed by atoms with van der Waals surface area (Å²) in [6.07, 6.45) is 3.08. The number of hydrogen-bond donors (Lipinski definition) is 0. The van der Waals surface area contributed by atoms with Gasteiger partial charge >= 0.3 is 7.60 Å². The summed E-state index contributed by atoms with van der Waals surface area (Å²) in [6, 6.07) is 0. The quantitative estimate of drug-likeness (QED) is 0.545. The van der Waals surface area contributed by atoms with Crippen LogP contribution in [0.2, 0.25) is 0 Å². The van der Waals surface area contributed by atoms with Gasteiger partial charge in [0.15, 0.2) is 0 Å². The molecule has 0 bridgehead atoms. The molecule has 0 aromatic heterocycles. The standard InChI is InChI=1S/C8H14BrO3P/c1-4-7-8(9)13(10,11-5-2)12-6-3/h4,7H,1,5-6H2,2-3H3/b8-7+. The highest BCUT2D eigenvalue weighted by Crippen LogP contribution is 2.58. The summed E-state index contributed by atoms with van der Waals surface area (Å²) in [6.45, 7) is 7.71. The average Bonchev–Trinajstić information content (AvgIpc) is 2.05. The summed E-state index contributed by atoms with van der Waals surface area (Å²) in [4.78, 5) is 0. The van der Waals surface area contributed by atoms with Crippen LogP contribution in [0.25, 0.3) is 0 Å². The minimum absolute atomic E-state index is 0.345. The Morgan fingerprint density at radius 2 is 1.92 bits per heavy atom. The van der Waals surface area contributed by atoms with Crippen LogP contribution in [0.1, 0.15) is 13.8 Å². The van der Waals surface area contributed by atoms with Gasteiger partial charge in [0.1, 0.15) is 4.22 Å². The Kier molecular flexibility index (Phi) is 6.60. The van der Waals surface area contributed by atoms with Crippen LogP contribution in [0.4, 0.5) is 0 Å². The highest BCUT2D eigenvalue weighted by atomic mass is 79.9. The van der Waals surface area contributed by atoms with Crippen LogP contribution in [0, 0.1) is 0 Å². The average molecular weight is 269 g/mol. The van der Waals surface area contributed by atoms with Crippen molar-refractivity contribution in [3.8, 4) is 0 Å². The molecule has 13 heavy (non-hydrogen) atoms. The summed E-state index contributed by atoms with van der Waals surface area (Å²) in [5.74, 6) is 0. The van der Waals surface area contributed by atoms with Crippen LogP contribution in [-0.2, 0) is 13.6 Å². The fourth-order valence-electron chi connectivity index (χ4n) is 0.689. The van der Waals surface area contributed by atoms with E-state index >= 15 is 0 Å². The van der Waals surface area contributed by atoms with Gasteiger partial charge in [-0.25, -0.2) is 0 Å². The third-order valence-corrected chi connectivity index (χ3v) is 4.55. The molecule has 0 saturated carbocycles. The lowest BCUT2D eigenvalue weighted by Crippen LogP contribution is -1.95. The Morgan fingerprint density at radius 1 is 1.46 bits per heavy atom. The second kappa shape index (κ2) is 6.55. The van der Waals surface area contributed by atoms with E-state index in [0.29, 0.717) is 17.4 Å². The van der Waals surface area contributed by atoms with Gasteiger partial charge in [-0.05, 0) is 35.9 Å². The molecule has 0 aliphatic carbocycles. The lowest BCUT2D eigenvalue weighted by molar-refractivity contribution is 0.228. The van der Waals surface area contributed by atoms with E-state index in [9.17, 15) is 4.57 Å². The largest absolute Gasteiger partial charge is 0.368 e. The van der Waals surface area contributed by atoms with Crippen LogP contribution < -0.4 is 0 Å². The van der Waals surface area contributed by atoms with E-state index in [1.54, 1.807) is 19.9 Å². The molecule has 0 N–H and O–H groups in total. The van der Waals surface area contributed by atoms with Crippen molar-refractivity contribution < 1.29 is 13.6 Å². The third-order valence-electron chi connectivity index (χ3n) is 1.12. The Bertz CT molecular complexity index is 228. The van der Waals surface area contributed by atoms with Crippen molar-refractivity contribution in [3.63, 3.8) is 0 Å². The van der Waals surface area contributed by atoms with Crippen LogP contribution in [0.3, 0.4) is 0 Å². The van der Waals surface area contributed by atoms with Gasteiger partial charge in [0.2, 0.25) is 0 Å². The molecule has 0 aliphatic heterocycles. The van der Waals surface area contributed by atoms with Gasteiger partial charge in [0.25, 0.3) is 0 Å². The predicted molar refractivity (Wildman–Crippen MR) is 58.1 cm³/mol. The minimum Gasteiger partial charge on any atom is -0.305 e. The number of rotatable bonds is 6. The predicted octanol–water partition coefficient (Wildman–Crippen LogP) is 3.67. The van der Waals surface area contributed by atoms with Crippen LogP contribution in [-0.4, -0.2) is 13.2 Å². The molecule has 0 aromatic rings.